The molecule has 0 aliphatic rings. The maximum absolute atomic E-state index is 11.6. The van der Waals surface area contributed by atoms with Gasteiger partial charge in [-0.05, 0) is 0 Å². The van der Waals surface area contributed by atoms with Crippen LogP contribution in [0.3, 0.4) is 0 Å². The van der Waals surface area contributed by atoms with Crippen molar-refractivity contribution >= 4 is 45.2 Å². The summed E-state index contributed by atoms with van der Waals surface area (Å²) in [5, 5.41) is 5.46. The quantitative estimate of drug-likeness (QED) is 0.0746. The minimum Gasteiger partial charge on any atom is -0.355 e. The van der Waals surface area contributed by atoms with Crippen molar-refractivity contribution in [1.82, 2.24) is 21.5 Å². The molecule has 0 saturated heterocycles. The number of amides is 4. The van der Waals surface area contributed by atoms with Crippen LogP contribution in [0, 0.1) is 11.8 Å². The van der Waals surface area contributed by atoms with Gasteiger partial charge in [0.15, 0.2) is 0 Å². The van der Waals surface area contributed by atoms with Crippen molar-refractivity contribution in [2.45, 2.75) is 40.5 Å². The van der Waals surface area contributed by atoms with Gasteiger partial charge in [0.05, 0.1) is 0 Å². The predicted octanol–water partition coefficient (Wildman–Crippen LogP) is -0.341. The van der Waals surface area contributed by atoms with Gasteiger partial charge in [-0.2, -0.15) is 0 Å². The highest BCUT2D eigenvalue weighted by atomic mass is 33.1. The van der Waals surface area contributed by atoms with E-state index >= 15 is 0 Å². The maximum atomic E-state index is 11.6. The zero-order valence-corrected chi connectivity index (χ0v) is 18.6. The summed E-state index contributed by atoms with van der Waals surface area (Å²) in [7, 11) is 3.14. The van der Waals surface area contributed by atoms with E-state index in [-0.39, 0.29) is 36.5 Å². The first-order valence-corrected chi connectivity index (χ1v) is 11.6. The van der Waals surface area contributed by atoms with Crippen LogP contribution in [0.15, 0.2) is 0 Å². The lowest BCUT2D eigenvalue weighted by Crippen LogP contribution is -2.37. The maximum Gasteiger partial charge on any atom is 0.237 e. The van der Waals surface area contributed by atoms with Crippen LogP contribution in [0.25, 0.3) is 0 Å². The summed E-state index contributed by atoms with van der Waals surface area (Å²) in [5.74, 6) is 9.34. The number of hydrogen-bond acceptors (Lipinski definition) is 8. The number of carbonyl (C=O) groups excluding carboxylic acids is 4. The second kappa shape index (κ2) is 18.8. The summed E-state index contributed by atoms with van der Waals surface area (Å²) in [4.78, 5) is 45.6. The van der Waals surface area contributed by atoms with Gasteiger partial charge in [0.25, 0.3) is 0 Å². The lowest BCUT2D eigenvalue weighted by atomic mass is 10.1. The third-order valence-electron chi connectivity index (χ3n) is 3.26. The van der Waals surface area contributed by atoms with Gasteiger partial charge in [-0.1, -0.05) is 49.3 Å². The molecule has 12 heteroatoms. The Morgan fingerprint density at radius 2 is 1.07 bits per heavy atom. The normalized spacial score (nSPS) is 11.9. The van der Waals surface area contributed by atoms with Crippen molar-refractivity contribution in [3.63, 3.8) is 0 Å². The summed E-state index contributed by atoms with van der Waals surface area (Å²) < 4.78 is 0. The Morgan fingerprint density at radius 1 is 0.750 bits per heavy atom. The topological polar surface area (TPSA) is 168 Å². The highest BCUT2D eigenvalue weighted by Gasteiger charge is 2.16. The average molecular weight is 439 g/mol. The molecule has 0 aliphatic heterocycles. The van der Waals surface area contributed by atoms with Crippen molar-refractivity contribution in [2.75, 3.05) is 24.6 Å². The molecule has 0 radical (unpaired) electrons. The van der Waals surface area contributed by atoms with E-state index in [4.69, 9.17) is 11.7 Å². The molecular weight excluding hydrogens is 404 g/mol. The summed E-state index contributed by atoms with van der Waals surface area (Å²) in [6, 6.07) is 0. The van der Waals surface area contributed by atoms with Gasteiger partial charge in [-0.15, -0.1) is 0 Å². The Morgan fingerprint density at radius 3 is 1.36 bits per heavy atom. The van der Waals surface area contributed by atoms with Crippen molar-refractivity contribution in [1.29, 1.82) is 0 Å². The number of hydrazine groups is 2. The highest BCUT2D eigenvalue weighted by molar-refractivity contribution is 8.76. The van der Waals surface area contributed by atoms with Gasteiger partial charge in [-0.25, -0.2) is 11.7 Å². The Kier molecular flexibility index (Phi) is 19.3. The molecule has 2 atom stereocenters. The molecule has 0 aromatic carbocycles. The molecule has 0 fully saturated rings. The number of nitrogens with two attached hydrogens (primary N) is 2. The fourth-order valence-electron chi connectivity index (χ4n) is 1.75. The first-order chi connectivity index (χ1) is 13.3. The molecule has 10 nitrogen and oxygen atoms in total. The van der Waals surface area contributed by atoms with Crippen LogP contribution in [0.4, 0.5) is 0 Å². The highest BCUT2D eigenvalue weighted by Crippen LogP contribution is 2.19. The molecule has 0 heterocycles. The third-order valence-corrected chi connectivity index (χ3v) is 5.67. The first kappa shape index (κ1) is 28.7. The molecule has 0 bridgehead atoms. The van der Waals surface area contributed by atoms with Crippen LogP contribution >= 0.6 is 21.6 Å². The van der Waals surface area contributed by atoms with Crippen LogP contribution in [-0.4, -0.2) is 48.2 Å². The number of hydrogen-bond donors (Lipinski definition) is 6. The van der Waals surface area contributed by atoms with E-state index in [0.717, 1.165) is 0 Å². The van der Waals surface area contributed by atoms with Crippen LogP contribution in [0.2, 0.25) is 0 Å². The lowest BCUT2D eigenvalue weighted by molar-refractivity contribution is -0.129. The molecule has 0 aromatic heterocycles. The van der Waals surface area contributed by atoms with Gasteiger partial charge >= 0.3 is 0 Å². The van der Waals surface area contributed by atoms with E-state index in [1.54, 1.807) is 35.4 Å². The number of rotatable bonds is 13. The second-order valence-corrected chi connectivity index (χ2v) is 8.27. The molecule has 164 valence electrons. The SMILES string of the molecule is CC.CC(CC(=O)NCCSSCCNC(=O)CC(C)C(=O)NN)C(=O)NN. The Hall–Kier alpha value is -1.50. The smallest absolute Gasteiger partial charge is 0.237 e. The van der Waals surface area contributed by atoms with Gasteiger partial charge in [0.1, 0.15) is 0 Å². The minimum absolute atomic E-state index is 0.0908. The molecular formula is C16H34N6O4S2. The molecule has 0 saturated carbocycles. The minimum atomic E-state index is -0.468. The molecule has 0 aromatic rings. The summed E-state index contributed by atoms with van der Waals surface area (Å²) in [6.07, 6.45) is 0.182. The van der Waals surface area contributed by atoms with Crippen LogP contribution < -0.4 is 33.2 Å². The molecule has 8 N–H and O–H groups in total. The molecule has 2 unspecified atom stereocenters. The zero-order chi connectivity index (χ0) is 21.9. The lowest BCUT2D eigenvalue weighted by Gasteiger charge is -2.10. The van der Waals surface area contributed by atoms with Gasteiger partial charge in [0.2, 0.25) is 23.6 Å². The summed E-state index contributed by atoms with van der Waals surface area (Å²) in [5.41, 5.74) is 4.02. The number of nitrogens with one attached hydrogen (secondary N) is 4. The van der Waals surface area contributed by atoms with E-state index < -0.39 is 11.8 Å². The third kappa shape index (κ3) is 15.5. The van der Waals surface area contributed by atoms with Crippen molar-refractivity contribution < 1.29 is 19.2 Å². The zero-order valence-electron chi connectivity index (χ0n) is 17.0. The van der Waals surface area contributed by atoms with Gasteiger partial charge in [-0.3, -0.25) is 30.0 Å². The largest absolute Gasteiger partial charge is 0.355 e. The summed E-state index contributed by atoms with van der Waals surface area (Å²) >= 11 is 0. The molecule has 4 amide bonds. The Bertz CT molecular complexity index is 440. The summed E-state index contributed by atoms with van der Waals surface area (Å²) in [6.45, 7) is 8.24. The molecule has 0 rings (SSSR count). The van der Waals surface area contributed by atoms with E-state index in [2.05, 4.69) is 10.6 Å². The van der Waals surface area contributed by atoms with Gasteiger partial charge < -0.3 is 10.6 Å². The number of carbonyl (C=O) groups is 4. The van der Waals surface area contributed by atoms with Crippen molar-refractivity contribution in [3.8, 4) is 0 Å². The first-order valence-electron chi connectivity index (χ1n) is 9.10. The fraction of sp³-hybridized carbons (Fsp3) is 0.750. The van der Waals surface area contributed by atoms with E-state index in [1.165, 1.54) is 0 Å². The molecule has 0 aliphatic carbocycles. The predicted molar refractivity (Wildman–Crippen MR) is 115 cm³/mol. The van der Waals surface area contributed by atoms with Crippen LogP contribution in [-0.2, 0) is 19.2 Å². The Labute approximate surface area is 174 Å². The van der Waals surface area contributed by atoms with Crippen molar-refractivity contribution in [2.24, 2.45) is 23.5 Å². The van der Waals surface area contributed by atoms with E-state index in [9.17, 15) is 19.2 Å². The fourth-order valence-corrected chi connectivity index (χ4v) is 3.57. The van der Waals surface area contributed by atoms with Crippen LogP contribution in [0.1, 0.15) is 40.5 Å². The second-order valence-electron chi connectivity index (χ2n) is 5.57. The standard InChI is InChI=1S/C14H28N6O4S2.C2H6/c1-9(13(23)19-15)7-11(21)17-3-5-25-26-6-4-18-12(22)8-10(2)14(24)20-16;1-2/h9-10H,3-8,15-16H2,1-2H3,(H,17,21)(H,18,22)(H,19,23)(H,20,24);1-2H3. The van der Waals surface area contributed by atoms with E-state index in [0.29, 0.717) is 24.6 Å². The van der Waals surface area contributed by atoms with Gasteiger partial charge in [0, 0.05) is 49.3 Å². The molecule has 0 spiro atoms. The monoisotopic (exact) mass is 438 g/mol. The van der Waals surface area contributed by atoms with Crippen LogP contribution in [0.5, 0.6) is 0 Å². The average Bonchev–Trinajstić information content (AvgIpc) is 2.69. The molecule has 28 heavy (non-hydrogen) atoms. The van der Waals surface area contributed by atoms with E-state index in [1.807, 2.05) is 24.7 Å². The Balaban J connectivity index is 0. The van der Waals surface area contributed by atoms with Crippen molar-refractivity contribution in [3.05, 3.63) is 0 Å².